The predicted molar refractivity (Wildman–Crippen MR) is 123 cm³/mol. The van der Waals surface area contributed by atoms with Gasteiger partial charge >= 0.3 is 0 Å². The Morgan fingerprint density at radius 2 is 1.69 bits per heavy atom. The molecule has 4 heteroatoms. The largest absolute Gasteiger partial charge is 0.301 e. The van der Waals surface area contributed by atoms with E-state index in [9.17, 15) is 5.26 Å². The Bertz CT molecular complexity index is 819. The van der Waals surface area contributed by atoms with Crippen molar-refractivity contribution in [3.8, 4) is 6.07 Å². The molecule has 0 aliphatic heterocycles. The van der Waals surface area contributed by atoms with E-state index >= 15 is 0 Å². The highest BCUT2D eigenvalue weighted by molar-refractivity contribution is 6.36. The van der Waals surface area contributed by atoms with Crippen LogP contribution in [0.5, 0.6) is 0 Å². The van der Waals surface area contributed by atoms with Crippen LogP contribution >= 0.6 is 23.2 Å². The molecule has 29 heavy (non-hydrogen) atoms. The molecule has 0 radical (unpaired) electrons. The maximum Gasteiger partial charge on any atom is 0.0879 e. The predicted octanol–water partition coefficient (Wildman–Crippen LogP) is 6.90. The fraction of sp³-hybridized carbons (Fsp3) is 0.480. The van der Waals surface area contributed by atoms with Gasteiger partial charge in [0.05, 0.1) is 11.5 Å². The molecule has 0 bridgehead atoms. The molecule has 0 heterocycles. The molecule has 2 aromatic rings. The fourth-order valence-corrected chi connectivity index (χ4v) is 5.08. The molecule has 154 valence electrons. The molecule has 1 atom stereocenters. The van der Waals surface area contributed by atoms with E-state index in [1.54, 1.807) is 0 Å². The van der Waals surface area contributed by atoms with Crippen LogP contribution < -0.4 is 0 Å². The normalized spacial score (nSPS) is 16.0. The first-order valence-electron chi connectivity index (χ1n) is 10.6. The average molecular weight is 429 g/mol. The highest BCUT2D eigenvalue weighted by atomic mass is 35.5. The van der Waals surface area contributed by atoms with Gasteiger partial charge in [-0.1, -0.05) is 59.6 Å². The number of nitriles is 1. The van der Waals surface area contributed by atoms with E-state index in [-0.39, 0.29) is 0 Å². The van der Waals surface area contributed by atoms with Gasteiger partial charge in [0, 0.05) is 28.2 Å². The number of halogens is 2. The third-order valence-electron chi connectivity index (χ3n) is 6.16. The minimum Gasteiger partial charge on any atom is -0.301 e. The Labute approximate surface area is 185 Å². The van der Waals surface area contributed by atoms with Crippen molar-refractivity contribution in [3.05, 3.63) is 69.7 Å². The maximum atomic E-state index is 10.2. The summed E-state index contributed by atoms with van der Waals surface area (Å²) in [5.74, 6) is 0.363. The number of benzene rings is 2. The SMILES string of the molecule is CC(C)N(CCCC(C#N)(c1c(Cl)cccc1Cl)C1CC1)CCc1ccccc1. The van der Waals surface area contributed by atoms with Crippen LogP contribution in [0.1, 0.15) is 50.7 Å². The smallest absolute Gasteiger partial charge is 0.0879 e. The van der Waals surface area contributed by atoms with Crippen molar-refractivity contribution >= 4 is 23.2 Å². The third-order valence-corrected chi connectivity index (χ3v) is 6.79. The van der Waals surface area contributed by atoms with Crippen molar-refractivity contribution < 1.29 is 0 Å². The van der Waals surface area contributed by atoms with Gasteiger partial charge in [-0.2, -0.15) is 5.26 Å². The second kappa shape index (κ2) is 9.98. The maximum absolute atomic E-state index is 10.2. The second-order valence-corrected chi connectivity index (χ2v) is 9.24. The monoisotopic (exact) mass is 428 g/mol. The summed E-state index contributed by atoms with van der Waals surface area (Å²) in [7, 11) is 0. The molecule has 1 aliphatic carbocycles. The molecule has 0 aromatic heterocycles. The van der Waals surface area contributed by atoms with Crippen molar-refractivity contribution in [1.82, 2.24) is 4.90 Å². The van der Waals surface area contributed by atoms with E-state index in [2.05, 4.69) is 55.1 Å². The number of nitrogens with zero attached hydrogens (tertiary/aromatic N) is 2. The van der Waals surface area contributed by atoms with E-state index in [1.807, 2.05) is 18.2 Å². The van der Waals surface area contributed by atoms with E-state index in [4.69, 9.17) is 23.2 Å². The number of hydrogen-bond acceptors (Lipinski definition) is 2. The van der Waals surface area contributed by atoms with Crippen LogP contribution in [0, 0.1) is 17.2 Å². The van der Waals surface area contributed by atoms with Crippen LogP contribution in [0.15, 0.2) is 48.5 Å². The third kappa shape index (κ3) is 5.34. The van der Waals surface area contributed by atoms with Gasteiger partial charge in [0.15, 0.2) is 0 Å². The summed E-state index contributed by atoms with van der Waals surface area (Å²) in [4.78, 5) is 2.51. The average Bonchev–Trinajstić information content (AvgIpc) is 3.55. The molecule has 0 spiro atoms. The summed E-state index contributed by atoms with van der Waals surface area (Å²) in [6.07, 6.45) is 4.96. The molecule has 3 rings (SSSR count). The molecule has 0 saturated heterocycles. The molecule has 1 aliphatic rings. The van der Waals surface area contributed by atoms with Crippen LogP contribution in [-0.4, -0.2) is 24.0 Å². The first kappa shape index (κ1) is 22.2. The van der Waals surface area contributed by atoms with E-state index in [0.717, 1.165) is 50.8 Å². The van der Waals surface area contributed by atoms with Gasteiger partial charge in [0.25, 0.3) is 0 Å². The summed E-state index contributed by atoms with van der Waals surface area (Å²) in [6.45, 7) is 6.49. The van der Waals surface area contributed by atoms with Crippen molar-refractivity contribution in [1.29, 1.82) is 5.26 Å². The van der Waals surface area contributed by atoms with Crippen LogP contribution in [0.2, 0.25) is 10.0 Å². The molecule has 1 fully saturated rings. The number of rotatable bonds is 10. The van der Waals surface area contributed by atoms with Crippen molar-refractivity contribution in [2.75, 3.05) is 13.1 Å². The lowest BCUT2D eigenvalue weighted by Gasteiger charge is -2.32. The van der Waals surface area contributed by atoms with Crippen molar-refractivity contribution in [2.24, 2.45) is 5.92 Å². The molecule has 1 saturated carbocycles. The highest BCUT2D eigenvalue weighted by Crippen LogP contribution is 2.53. The highest BCUT2D eigenvalue weighted by Gasteiger charge is 2.48. The van der Waals surface area contributed by atoms with Gasteiger partial charge < -0.3 is 4.90 Å². The van der Waals surface area contributed by atoms with Crippen LogP contribution in [0.3, 0.4) is 0 Å². The summed E-state index contributed by atoms with van der Waals surface area (Å²) in [5.41, 5.74) is 1.64. The van der Waals surface area contributed by atoms with Gasteiger partial charge in [-0.3, -0.25) is 0 Å². The molecule has 0 amide bonds. The lowest BCUT2D eigenvalue weighted by atomic mass is 9.73. The van der Waals surface area contributed by atoms with Crippen LogP contribution in [0.25, 0.3) is 0 Å². The Morgan fingerprint density at radius 3 is 2.24 bits per heavy atom. The summed E-state index contributed by atoms with van der Waals surface area (Å²) in [6, 6.07) is 19.3. The minimum absolute atomic E-state index is 0.363. The standard InChI is InChI=1S/C25H30Cl2N2/c1-19(2)29(17-14-20-8-4-3-5-9-20)16-7-15-25(18-28,21-12-13-21)24-22(26)10-6-11-23(24)27/h3-6,8-11,19,21H,7,12-17H2,1-2H3. The first-order valence-corrected chi connectivity index (χ1v) is 11.4. The molecular formula is C25H30Cl2N2. The molecule has 1 unspecified atom stereocenters. The van der Waals surface area contributed by atoms with Crippen LogP contribution in [-0.2, 0) is 11.8 Å². The van der Waals surface area contributed by atoms with Gasteiger partial charge in [0.1, 0.15) is 0 Å². The van der Waals surface area contributed by atoms with Crippen molar-refractivity contribution in [2.45, 2.75) is 57.4 Å². The van der Waals surface area contributed by atoms with Crippen molar-refractivity contribution in [3.63, 3.8) is 0 Å². The molecular weight excluding hydrogens is 399 g/mol. The summed E-state index contributed by atoms with van der Waals surface area (Å²) in [5, 5.41) is 11.5. The Balaban J connectivity index is 1.68. The lowest BCUT2D eigenvalue weighted by Crippen LogP contribution is -2.35. The quantitative estimate of drug-likeness (QED) is 0.411. The van der Waals surface area contributed by atoms with Gasteiger partial charge in [0.2, 0.25) is 0 Å². The summed E-state index contributed by atoms with van der Waals surface area (Å²) < 4.78 is 0. The Hall–Kier alpha value is -1.53. The molecule has 2 nitrogen and oxygen atoms in total. The second-order valence-electron chi connectivity index (χ2n) is 8.42. The fourth-order valence-electron chi connectivity index (χ4n) is 4.34. The van der Waals surface area contributed by atoms with Gasteiger partial charge in [-0.25, -0.2) is 0 Å². The number of hydrogen-bond donors (Lipinski definition) is 0. The van der Waals surface area contributed by atoms with E-state index < -0.39 is 5.41 Å². The first-order chi connectivity index (χ1) is 14.0. The summed E-state index contributed by atoms with van der Waals surface area (Å²) >= 11 is 13.1. The lowest BCUT2D eigenvalue weighted by molar-refractivity contribution is 0.213. The molecule has 0 N–H and O–H groups in total. The Morgan fingerprint density at radius 1 is 1.03 bits per heavy atom. The topological polar surface area (TPSA) is 27.0 Å². The van der Waals surface area contributed by atoms with Crippen LogP contribution in [0.4, 0.5) is 0 Å². The minimum atomic E-state index is -0.572. The van der Waals surface area contributed by atoms with Gasteiger partial charge in [-0.15, -0.1) is 0 Å². The van der Waals surface area contributed by atoms with E-state index in [1.165, 1.54) is 5.56 Å². The zero-order valence-corrected chi connectivity index (χ0v) is 18.9. The van der Waals surface area contributed by atoms with E-state index in [0.29, 0.717) is 22.0 Å². The Kier molecular flexibility index (Phi) is 7.63. The molecule has 2 aromatic carbocycles. The van der Waals surface area contributed by atoms with Gasteiger partial charge in [-0.05, 0) is 76.1 Å². The zero-order valence-electron chi connectivity index (χ0n) is 17.4. The zero-order chi connectivity index (χ0) is 20.9.